The van der Waals surface area contributed by atoms with Gasteiger partial charge in [0, 0.05) is 11.2 Å². The summed E-state index contributed by atoms with van der Waals surface area (Å²) < 4.78 is 1.59. The summed E-state index contributed by atoms with van der Waals surface area (Å²) in [5, 5.41) is 17.0. The fraction of sp³-hybridized carbons (Fsp3) is 0.375. The van der Waals surface area contributed by atoms with Crippen molar-refractivity contribution in [2.45, 2.75) is 26.3 Å². The number of hydrogen-bond acceptors (Lipinski definition) is 3. The predicted molar refractivity (Wildman–Crippen MR) is 86.4 cm³/mol. The number of carbonyl (C=O) groups is 1. The first-order chi connectivity index (χ1) is 10.5. The molecule has 2 rings (SSSR count). The SMILES string of the molecule is CC(C)CC(CO)NC(=O)c1ccn(-c2cccc(Cl)c2)n1. The summed E-state index contributed by atoms with van der Waals surface area (Å²) in [6.45, 7) is 4.00. The number of aromatic nitrogens is 2. The van der Waals surface area contributed by atoms with Gasteiger partial charge in [-0.05, 0) is 36.6 Å². The van der Waals surface area contributed by atoms with E-state index in [4.69, 9.17) is 11.6 Å². The highest BCUT2D eigenvalue weighted by Gasteiger charge is 2.16. The maximum atomic E-state index is 12.2. The topological polar surface area (TPSA) is 67.2 Å². The zero-order valence-corrected chi connectivity index (χ0v) is 13.4. The number of nitrogens with one attached hydrogen (secondary N) is 1. The third-order valence-electron chi connectivity index (χ3n) is 3.21. The number of hydrogen-bond donors (Lipinski definition) is 2. The zero-order valence-electron chi connectivity index (χ0n) is 12.7. The summed E-state index contributed by atoms with van der Waals surface area (Å²) in [6.07, 6.45) is 2.42. The van der Waals surface area contributed by atoms with E-state index < -0.39 is 0 Å². The van der Waals surface area contributed by atoms with Gasteiger partial charge in [-0.25, -0.2) is 4.68 Å². The summed E-state index contributed by atoms with van der Waals surface area (Å²) in [6, 6.07) is 8.61. The van der Waals surface area contributed by atoms with E-state index in [1.807, 2.05) is 26.0 Å². The van der Waals surface area contributed by atoms with Crippen LogP contribution in [0.4, 0.5) is 0 Å². The van der Waals surface area contributed by atoms with Crippen LogP contribution in [-0.4, -0.2) is 33.4 Å². The fourth-order valence-corrected chi connectivity index (χ4v) is 2.40. The van der Waals surface area contributed by atoms with Crippen molar-refractivity contribution in [1.82, 2.24) is 15.1 Å². The van der Waals surface area contributed by atoms with E-state index in [0.717, 1.165) is 12.1 Å². The normalized spacial score (nSPS) is 12.4. The van der Waals surface area contributed by atoms with Crippen molar-refractivity contribution in [3.05, 3.63) is 47.2 Å². The molecule has 0 radical (unpaired) electrons. The number of nitrogens with zero attached hydrogens (tertiary/aromatic N) is 2. The molecule has 118 valence electrons. The molecule has 0 fully saturated rings. The molecule has 0 aliphatic rings. The molecular weight excluding hydrogens is 302 g/mol. The second-order valence-corrected chi connectivity index (χ2v) is 6.04. The fourth-order valence-electron chi connectivity index (χ4n) is 2.21. The smallest absolute Gasteiger partial charge is 0.272 e. The van der Waals surface area contributed by atoms with Gasteiger partial charge in [-0.1, -0.05) is 31.5 Å². The molecule has 2 aromatic rings. The summed E-state index contributed by atoms with van der Waals surface area (Å²) in [4.78, 5) is 12.2. The van der Waals surface area contributed by atoms with E-state index in [9.17, 15) is 9.90 Å². The first kappa shape index (κ1) is 16.5. The Morgan fingerprint density at radius 3 is 2.82 bits per heavy atom. The van der Waals surface area contributed by atoms with Crippen LogP contribution in [0.3, 0.4) is 0 Å². The van der Waals surface area contributed by atoms with Gasteiger partial charge in [0.25, 0.3) is 5.91 Å². The minimum absolute atomic E-state index is 0.0844. The Morgan fingerprint density at radius 1 is 1.41 bits per heavy atom. The molecule has 0 saturated carbocycles. The van der Waals surface area contributed by atoms with Crippen molar-refractivity contribution in [2.75, 3.05) is 6.61 Å². The number of carbonyl (C=O) groups excluding carboxylic acids is 1. The summed E-state index contributed by atoms with van der Waals surface area (Å²) >= 11 is 5.95. The summed E-state index contributed by atoms with van der Waals surface area (Å²) in [7, 11) is 0. The highest BCUT2D eigenvalue weighted by atomic mass is 35.5. The van der Waals surface area contributed by atoms with Gasteiger partial charge in [-0.15, -0.1) is 0 Å². The standard InChI is InChI=1S/C16H20ClN3O2/c1-11(2)8-13(10-21)18-16(22)15-6-7-20(19-15)14-5-3-4-12(17)9-14/h3-7,9,11,13,21H,8,10H2,1-2H3,(H,18,22). The molecule has 0 spiro atoms. The largest absolute Gasteiger partial charge is 0.394 e. The number of aliphatic hydroxyl groups excluding tert-OH is 1. The third kappa shape index (κ3) is 4.32. The Bertz CT molecular complexity index is 640. The summed E-state index contributed by atoms with van der Waals surface area (Å²) in [5.41, 5.74) is 1.09. The van der Waals surface area contributed by atoms with Gasteiger partial charge in [0.05, 0.1) is 18.3 Å². The van der Waals surface area contributed by atoms with E-state index in [1.54, 1.807) is 29.1 Å². The van der Waals surface area contributed by atoms with Crippen molar-refractivity contribution in [1.29, 1.82) is 0 Å². The second-order valence-electron chi connectivity index (χ2n) is 5.61. The van der Waals surface area contributed by atoms with E-state index in [0.29, 0.717) is 16.6 Å². The third-order valence-corrected chi connectivity index (χ3v) is 3.44. The number of benzene rings is 1. The molecule has 0 aliphatic carbocycles. The number of rotatable bonds is 6. The minimum Gasteiger partial charge on any atom is -0.394 e. The number of aliphatic hydroxyl groups is 1. The van der Waals surface area contributed by atoms with Crippen LogP contribution >= 0.6 is 11.6 Å². The predicted octanol–water partition coefficient (Wildman–Crippen LogP) is 2.66. The number of halogens is 1. The first-order valence-corrected chi connectivity index (χ1v) is 7.60. The average Bonchev–Trinajstić information content (AvgIpc) is 2.96. The van der Waals surface area contributed by atoms with Crippen LogP contribution in [-0.2, 0) is 0 Å². The zero-order chi connectivity index (χ0) is 16.1. The molecule has 0 bridgehead atoms. The van der Waals surface area contributed by atoms with Crippen molar-refractivity contribution in [3.63, 3.8) is 0 Å². The molecule has 5 nitrogen and oxygen atoms in total. The van der Waals surface area contributed by atoms with E-state index in [2.05, 4.69) is 10.4 Å². The van der Waals surface area contributed by atoms with E-state index >= 15 is 0 Å². The van der Waals surface area contributed by atoms with Crippen LogP contribution in [0, 0.1) is 5.92 Å². The molecule has 1 aromatic carbocycles. The average molecular weight is 322 g/mol. The highest BCUT2D eigenvalue weighted by Crippen LogP contribution is 2.14. The molecule has 0 aliphatic heterocycles. The van der Waals surface area contributed by atoms with Crippen LogP contribution < -0.4 is 5.32 Å². The van der Waals surface area contributed by atoms with Crippen molar-refractivity contribution in [3.8, 4) is 5.69 Å². The molecule has 1 heterocycles. The molecule has 1 unspecified atom stereocenters. The van der Waals surface area contributed by atoms with Crippen molar-refractivity contribution >= 4 is 17.5 Å². The Labute approximate surface area is 134 Å². The Morgan fingerprint density at radius 2 is 2.18 bits per heavy atom. The van der Waals surface area contributed by atoms with Gasteiger partial charge in [-0.2, -0.15) is 5.10 Å². The lowest BCUT2D eigenvalue weighted by molar-refractivity contribution is 0.0903. The molecule has 1 atom stereocenters. The molecular formula is C16H20ClN3O2. The Balaban J connectivity index is 2.09. The van der Waals surface area contributed by atoms with E-state index in [1.165, 1.54) is 0 Å². The van der Waals surface area contributed by atoms with Crippen molar-refractivity contribution in [2.24, 2.45) is 5.92 Å². The quantitative estimate of drug-likeness (QED) is 0.859. The number of amides is 1. The lowest BCUT2D eigenvalue weighted by Crippen LogP contribution is -2.38. The monoisotopic (exact) mass is 321 g/mol. The van der Waals surface area contributed by atoms with Gasteiger partial charge in [0.15, 0.2) is 5.69 Å². The van der Waals surface area contributed by atoms with Crippen molar-refractivity contribution < 1.29 is 9.90 Å². The van der Waals surface area contributed by atoms with E-state index in [-0.39, 0.29) is 18.6 Å². The van der Waals surface area contributed by atoms with Crippen LogP contribution in [0.5, 0.6) is 0 Å². The summed E-state index contributed by atoms with van der Waals surface area (Å²) in [5.74, 6) is 0.0990. The molecule has 1 amide bonds. The van der Waals surface area contributed by atoms with Crippen LogP contribution in [0.15, 0.2) is 36.5 Å². The molecule has 0 saturated heterocycles. The maximum absolute atomic E-state index is 12.2. The van der Waals surface area contributed by atoms with Crippen LogP contribution in [0.25, 0.3) is 5.69 Å². The van der Waals surface area contributed by atoms with Gasteiger partial charge < -0.3 is 10.4 Å². The Hall–Kier alpha value is -1.85. The molecule has 6 heteroatoms. The maximum Gasteiger partial charge on any atom is 0.272 e. The van der Waals surface area contributed by atoms with Gasteiger partial charge in [-0.3, -0.25) is 4.79 Å². The van der Waals surface area contributed by atoms with Crippen LogP contribution in [0.2, 0.25) is 5.02 Å². The molecule has 22 heavy (non-hydrogen) atoms. The lowest BCUT2D eigenvalue weighted by atomic mass is 10.0. The van der Waals surface area contributed by atoms with Gasteiger partial charge in [0.2, 0.25) is 0 Å². The second kappa shape index (κ2) is 7.42. The minimum atomic E-state index is -0.291. The Kier molecular flexibility index (Phi) is 5.57. The van der Waals surface area contributed by atoms with Gasteiger partial charge in [0.1, 0.15) is 0 Å². The lowest BCUT2D eigenvalue weighted by Gasteiger charge is -2.17. The van der Waals surface area contributed by atoms with Crippen LogP contribution in [0.1, 0.15) is 30.8 Å². The first-order valence-electron chi connectivity index (χ1n) is 7.23. The molecule has 2 N–H and O–H groups in total. The molecule has 1 aromatic heterocycles. The van der Waals surface area contributed by atoms with Gasteiger partial charge >= 0.3 is 0 Å². The highest BCUT2D eigenvalue weighted by molar-refractivity contribution is 6.30.